The van der Waals surface area contributed by atoms with E-state index in [1.165, 1.54) is 12.1 Å². The van der Waals surface area contributed by atoms with Crippen molar-refractivity contribution in [1.29, 1.82) is 0 Å². The van der Waals surface area contributed by atoms with Gasteiger partial charge < -0.3 is 10.6 Å². The molecule has 2 rings (SSSR count). The summed E-state index contributed by atoms with van der Waals surface area (Å²) < 4.78 is 27.0. The van der Waals surface area contributed by atoms with Gasteiger partial charge in [0.2, 0.25) is 0 Å². The van der Waals surface area contributed by atoms with Crippen LogP contribution in [0.15, 0.2) is 18.2 Å². The number of nitrogens with zero attached hydrogens (tertiary/aromatic N) is 2. The van der Waals surface area contributed by atoms with Crippen LogP contribution in [0, 0.1) is 17.6 Å². The molecule has 0 spiro atoms. The van der Waals surface area contributed by atoms with E-state index in [9.17, 15) is 8.78 Å². The quantitative estimate of drug-likeness (QED) is 0.915. The lowest BCUT2D eigenvalue weighted by atomic mass is 10.0. The summed E-state index contributed by atoms with van der Waals surface area (Å²) in [6.45, 7) is 4.25. The maximum absolute atomic E-state index is 14.0. The molecular weight excluding hydrogens is 260 g/mol. The number of halogens is 2. The Morgan fingerprint density at radius 1 is 1.35 bits per heavy atom. The van der Waals surface area contributed by atoms with Crippen LogP contribution < -0.4 is 5.73 Å². The summed E-state index contributed by atoms with van der Waals surface area (Å²) in [5.74, 6) is -0.563. The van der Waals surface area contributed by atoms with Gasteiger partial charge >= 0.3 is 0 Å². The number of likely N-dealkylation sites (N-methyl/N-ethyl adjacent to an activating group) is 1. The van der Waals surface area contributed by atoms with Crippen LogP contribution in [0.1, 0.15) is 18.5 Å². The first-order valence-corrected chi connectivity index (χ1v) is 6.99. The van der Waals surface area contributed by atoms with Gasteiger partial charge in [-0.25, -0.2) is 8.78 Å². The lowest BCUT2D eigenvalue weighted by Crippen LogP contribution is -2.37. The number of nitrogens with two attached hydrogens (primary N) is 1. The fraction of sp³-hybridized carbons (Fsp3) is 0.600. The van der Waals surface area contributed by atoms with Gasteiger partial charge in [-0.1, -0.05) is 13.0 Å². The van der Waals surface area contributed by atoms with Gasteiger partial charge in [-0.15, -0.1) is 0 Å². The van der Waals surface area contributed by atoms with E-state index in [4.69, 9.17) is 5.73 Å². The normalized spacial score (nSPS) is 25.4. The summed E-state index contributed by atoms with van der Waals surface area (Å²) in [4.78, 5) is 4.39. The van der Waals surface area contributed by atoms with Gasteiger partial charge in [-0.2, -0.15) is 0 Å². The first kappa shape index (κ1) is 15.4. The van der Waals surface area contributed by atoms with Crippen LogP contribution in [0.3, 0.4) is 0 Å². The Morgan fingerprint density at radius 2 is 2.05 bits per heavy atom. The van der Waals surface area contributed by atoms with E-state index in [2.05, 4.69) is 30.8 Å². The minimum atomic E-state index is -0.553. The maximum Gasteiger partial charge on any atom is 0.130 e. The molecule has 0 saturated carbocycles. The predicted molar refractivity (Wildman–Crippen MR) is 76.4 cm³/mol. The van der Waals surface area contributed by atoms with Crippen LogP contribution in [0.4, 0.5) is 8.78 Å². The molecule has 0 radical (unpaired) electrons. The Hall–Kier alpha value is -1.04. The summed E-state index contributed by atoms with van der Waals surface area (Å²) in [5.41, 5.74) is 6.33. The molecule has 1 aliphatic heterocycles. The first-order chi connectivity index (χ1) is 9.43. The molecular formula is C15H23F2N3. The molecule has 0 aromatic heterocycles. The van der Waals surface area contributed by atoms with Crippen LogP contribution >= 0.6 is 0 Å². The van der Waals surface area contributed by atoms with Gasteiger partial charge in [0.05, 0.1) is 0 Å². The minimum Gasteiger partial charge on any atom is -0.329 e. The van der Waals surface area contributed by atoms with Crippen LogP contribution in [0.2, 0.25) is 0 Å². The van der Waals surface area contributed by atoms with Crippen LogP contribution in [0.25, 0.3) is 0 Å². The molecule has 3 nitrogen and oxygen atoms in total. The molecule has 1 saturated heterocycles. The summed E-state index contributed by atoms with van der Waals surface area (Å²) in [6.07, 6.45) is 0. The second-order valence-corrected chi connectivity index (χ2v) is 5.88. The Bertz CT molecular complexity index is 464. The van der Waals surface area contributed by atoms with Crippen molar-refractivity contribution in [3.8, 4) is 0 Å². The highest BCUT2D eigenvalue weighted by molar-refractivity contribution is 5.23. The monoisotopic (exact) mass is 283 g/mol. The van der Waals surface area contributed by atoms with Gasteiger partial charge in [0.25, 0.3) is 0 Å². The Morgan fingerprint density at radius 3 is 2.55 bits per heavy atom. The van der Waals surface area contributed by atoms with Crippen molar-refractivity contribution in [3.63, 3.8) is 0 Å². The predicted octanol–water partition coefficient (Wildman–Crippen LogP) is 1.85. The maximum atomic E-state index is 14.0. The second-order valence-electron chi connectivity index (χ2n) is 5.88. The van der Waals surface area contributed by atoms with Crippen molar-refractivity contribution in [2.45, 2.75) is 19.0 Å². The number of benzene rings is 1. The third kappa shape index (κ3) is 3.00. The highest BCUT2D eigenvalue weighted by atomic mass is 19.1. The van der Waals surface area contributed by atoms with Crippen molar-refractivity contribution in [2.75, 3.05) is 33.7 Å². The SMILES string of the molecule is CC1CN(C(CN)c2ccc(F)cc2F)CC1N(C)C. The van der Waals surface area contributed by atoms with Crippen molar-refractivity contribution in [2.24, 2.45) is 11.7 Å². The van der Waals surface area contributed by atoms with E-state index >= 15 is 0 Å². The van der Waals surface area contributed by atoms with Crippen LogP contribution in [0.5, 0.6) is 0 Å². The largest absolute Gasteiger partial charge is 0.329 e. The lowest BCUT2D eigenvalue weighted by Gasteiger charge is -2.28. The number of likely N-dealkylation sites (tertiary alicyclic amines) is 1. The zero-order valence-electron chi connectivity index (χ0n) is 12.3. The van der Waals surface area contributed by atoms with Crippen LogP contribution in [-0.4, -0.2) is 49.6 Å². The van der Waals surface area contributed by atoms with Gasteiger partial charge in [-0.05, 0) is 26.1 Å². The average molecular weight is 283 g/mol. The fourth-order valence-electron chi connectivity index (χ4n) is 3.16. The van der Waals surface area contributed by atoms with Gasteiger partial charge in [0.15, 0.2) is 0 Å². The van der Waals surface area contributed by atoms with Gasteiger partial charge in [-0.3, -0.25) is 4.90 Å². The fourth-order valence-corrected chi connectivity index (χ4v) is 3.16. The van der Waals surface area contributed by atoms with Crippen LogP contribution in [-0.2, 0) is 0 Å². The van der Waals surface area contributed by atoms with Crippen molar-refractivity contribution >= 4 is 0 Å². The molecule has 0 aliphatic carbocycles. The number of hydrogen-bond donors (Lipinski definition) is 1. The highest BCUT2D eigenvalue weighted by Gasteiger charge is 2.35. The van der Waals surface area contributed by atoms with E-state index < -0.39 is 11.6 Å². The molecule has 5 heteroatoms. The summed E-state index contributed by atoms with van der Waals surface area (Å²) in [5, 5.41) is 0. The molecule has 2 N–H and O–H groups in total. The third-order valence-electron chi connectivity index (χ3n) is 4.25. The molecule has 1 aromatic rings. The average Bonchev–Trinajstić information content (AvgIpc) is 2.75. The van der Waals surface area contributed by atoms with E-state index in [1.54, 1.807) is 0 Å². The minimum absolute atomic E-state index is 0.192. The van der Waals surface area contributed by atoms with Crippen molar-refractivity contribution in [1.82, 2.24) is 9.80 Å². The number of rotatable bonds is 4. The third-order valence-corrected chi connectivity index (χ3v) is 4.25. The van der Waals surface area contributed by atoms with Crippen molar-refractivity contribution < 1.29 is 8.78 Å². The van der Waals surface area contributed by atoms with Gasteiger partial charge in [0, 0.05) is 43.3 Å². The zero-order chi connectivity index (χ0) is 14.9. The molecule has 1 heterocycles. The summed E-state index contributed by atoms with van der Waals surface area (Å²) >= 11 is 0. The molecule has 0 amide bonds. The molecule has 0 bridgehead atoms. The highest BCUT2D eigenvalue weighted by Crippen LogP contribution is 2.30. The second kappa shape index (κ2) is 6.16. The van der Waals surface area contributed by atoms with E-state index in [-0.39, 0.29) is 6.04 Å². The molecule has 1 aromatic carbocycles. The van der Waals surface area contributed by atoms with E-state index in [0.29, 0.717) is 24.1 Å². The zero-order valence-corrected chi connectivity index (χ0v) is 12.3. The molecule has 3 unspecified atom stereocenters. The molecule has 1 aliphatic rings. The Kier molecular flexibility index (Phi) is 4.73. The van der Waals surface area contributed by atoms with E-state index in [1.807, 2.05) is 0 Å². The molecule has 3 atom stereocenters. The molecule has 20 heavy (non-hydrogen) atoms. The van der Waals surface area contributed by atoms with Crippen molar-refractivity contribution in [3.05, 3.63) is 35.4 Å². The molecule has 1 fully saturated rings. The Balaban J connectivity index is 2.21. The topological polar surface area (TPSA) is 32.5 Å². The standard InChI is InChI=1S/C15H23F2N3/c1-10-8-20(9-15(10)19(2)3)14(7-18)12-5-4-11(16)6-13(12)17/h4-6,10,14-15H,7-9,18H2,1-3H3. The van der Waals surface area contributed by atoms with Gasteiger partial charge in [0.1, 0.15) is 11.6 Å². The Labute approximate surface area is 119 Å². The summed E-state index contributed by atoms with van der Waals surface area (Å²) in [7, 11) is 4.11. The molecule has 112 valence electrons. The first-order valence-electron chi connectivity index (χ1n) is 6.99. The van der Waals surface area contributed by atoms with E-state index in [0.717, 1.165) is 19.2 Å². The summed E-state index contributed by atoms with van der Waals surface area (Å²) in [6, 6.07) is 3.98. The smallest absolute Gasteiger partial charge is 0.130 e. The lowest BCUT2D eigenvalue weighted by molar-refractivity contribution is 0.216. The number of hydrogen-bond acceptors (Lipinski definition) is 3.